The number of nitrogens with zero attached hydrogens (tertiary/aromatic N) is 7. The molecule has 4 aromatic heterocycles. The van der Waals surface area contributed by atoms with Gasteiger partial charge in [-0.25, -0.2) is 19.3 Å². The lowest BCUT2D eigenvalue weighted by atomic mass is 10.0. The van der Waals surface area contributed by atoms with Crippen molar-refractivity contribution in [3.05, 3.63) is 83.6 Å². The van der Waals surface area contributed by atoms with Crippen LogP contribution in [0.4, 0.5) is 11.6 Å². The molecule has 0 saturated carbocycles. The van der Waals surface area contributed by atoms with Gasteiger partial charge in [-0.1, -0.05) is 25.5 Å². The molecule has 0 fully saturated rings. The molecule has 10 heteroatoms. The minimum absolute atomic E-state index is 0.206. The fourth-order valence-corrected chi connectivity index (χ4v) is 4.94. The highest BCUT2D eigenvalue weighted by molar-refractivity contribution is 5.85. The number of hydrogen-bond acceptors (Lipinski definition) is 7. The average Bonchev–Trinajstić information content (AvgIpc) is 3.49. The molecular formula is C32H40N8O2. The topological polar surface area (TPSA) is 95.0 Å². The van der Waals surface area contributed by atoms with Crippen LogP contribution < -0.4 is 10.9 Å². The normalized spacial score (nSPS) is 12.0. The first-order valence-electron chi connectivity index (χ1n) is 14.4. The number of allylic oxidation sites excluding steroid dienone is 1. The molecule has 42 heavy (non-hydrogen) atoms. The lowest BCUT2D eigenvalue weighted by Gasteiger charge is -2.25. The third-order valence-corrected chi connectivity index (χ3v) is 7.32. The smallest absolute Gasteiger partial charge is 0.278 e. The van der Waals surface area contributed by atoms with Gasteiger partial charge in [0.1, 0.15) is 11.0 Å². The van der Waals surface area contributed by atoms with Crippen molar-refractivity contribution in [1.82, 2.24) is 33.8 Å². The van der Waals surface area contributed by atoms with E-state index >= 15 is 0 Å². The van der Waals surface area contributed by atoms with Crippen LogP contribution in [-0.2, 0) is 23.4 Å². The molecule has 5 rings (SSSR count). The van der Waals surface area contributed by atoms with E-state index in [0.29, 0.717) is 36.0 Å². The Morgan fingerprint density at radius 3 is 2.74 bits per heavy atom. The van der Waals surface area contributed by atoms with Crippen LogP contribution in [0.25, 0.3) is 27.8 Å². The molecule has 0 aliphatic heterocycles. The van der Waals surface area contributed by atoms with Crippen LogP contribution in [-0.4, -0.2) is 61.0 Å². The van der Waals surface area contributed by atoms with Gasteiger partial charge in [0.2, 0.25) is 5.95 Å². The Morgan fingerprint density at radius 1 is 1.14 bits per heavy atom. The fourth-order valence-electron chi connectivity index (χ4n) is 4.94. The maximum Gasteiger partial charge on any atom is 0.278 e. The van der Waals surface area contributed by atoms with Gasteiger partial charge in [-0.05, 0) is 70.8 Å². The number of likely N-dealkylation sites (N-methyl/N-ethyl adjacent to an activating group) is 1. The number of fused-ring (bicyclic) bond motifs is 2. The number of aromatic nitrogens is 6. The Labute approximate surface area is 246 Å². The summed E-state index contributed by atoms with van der Waals surface area (Å²) >= 11 is 0. The number of anilines is 2. The van der Waals surface area contributed by atoms with Gasteiger partial charge in [0.15, 0.2) is 11.5 Å². The van der Waals surface area contributed by atoms with Crippen LogP contribution in [0.15, 0.2) is 72.3 Å². The molecular weight excluding hydrogens is 528 g/mol. The van der Waals surface area contributed by atoms with E-state index in [9.17, 15) is 4.79 Å². The molecule has 1 aromatic carbocycles. The maximum atomic E-state index is 13.4. The van der Waals surface area contributed by atoms with E-state index in [-0.39, 0.29) is 5.56 Å². The van der Waals surface area contributed by atoms with E-state index in [4.69, 9.17) is 14.7 Å². The highest BCUT2D eigenvalue weighted by atomic mass is 16.5. The summed E-state index contributed by atoms with van der Waals surface area (Å²) in [6.45, 7) is 12.8. The number of ether oxygens (including phenoxy) is 1. The summed E-state index contributed by atoms with van der Waals surface area (Å²) in [5, 5.41) is 4.85. The molecule has 4 heterocycles. The molecule has 0 saturated heterocycles. The zero-order chi connectivity index (χ0) is 29.9. The molecule has 0 unspecified atom stereocenters. The zero-order valence-electron chi connectivity index (χ0n) is 25.2. The third kappa shape index (κ3) is 6.00. The minimum atomic E-state index is -0.594. The average molecular weight is 569 g/mol. The van der Waals surface area contributed by atoms with Crippen LogP contribution in [0.1, 0.15) is 39.3 Å². The second kappa shape index (κ2) is 12.3. The highest BCUT2D eigenvalue weighted by Crippen LogP contribution is 2.26. The van der Waals surface area contributed by atoms with E-state index in [1.165, 1.54) is 5.52 Å². The maximum absolute atomic E-state index is 13.4. The first kappa shape index (κ1) is 29.2. The lowest BCUT2D eigenvalue weighted by Crippen LogP contribution is -2.26. The van der Waals surface area contributed by atoms with Crippen LogP contribution in [0.5, 0.6) is 0 Å². The molecule has 0 aliphatic rings. The second-order valence-electron chi connectivity index (χ2n) is 11.2. The van der Waals surface area contributed by atoms with Gasteiger partial charge >= 0.3 is 0 Å². The molecule has 0 bridgehead atoms. The van der Waals surface area contributed by atoms with Gasteiger partial charge < -0.3 is 19.5 Å². The SMILES string of the molecule is C=CCn1c(=O)c2cnc(Nc3ccc4c(ccn4CCN(C)C)c3)nc2n1-c1cccc(C(C)(C)OCCCC)n1. The number of nitrogens with one attached hydrogen (secondary N) is 1. The van der Waals surface area contributed by atoms with Crippen molar-refractivity contribution in [3.8, 4) is 5.82 Å². The summed E-state index contributed by atoms with van der Waals surface area (Å²) in [5.74, 6) is 0.955. The summed E-state index contributed by atoms with van der Waals surface area (Å²) in [6, 6.07) is 14.1. The summed E-state index contributed by atoms with van der Waals surface area (Å²) < 4.78 is 11.7. The summed E-state index contributed by atoms with van der Waals surface area (Å²) in [6.07, 6.45) is 7.40. The fraction of sp³-hybridized carbons (Fsp3) is 0.375. The first-order valence-corrected chi connectivity index (χ1v) is 14.4. The summed E-state index contributed by atoms with van der Waals surface area (Å²) in [4.78, 5) is 29.8. The lowest BCUT2D eigenvalue weighted by molar-refractivity contribution is -0.0260. The molecule has 220 valence electrons. The van der Waals surface area contributed by atoms with Gasteiger partial charge in [0.05, 0.1) is 12.2 Å². The predicted octanol–water partition coefficient (Wildman–Crippen LogP) is 5.47. The zero-order valence-corrected chi connectivity index (χ0v) is 25.2. The van der Waals surface area contributed by atoms with Crippen LogP contribution >= 0.6 is 0 Å². The largest absolute Gasteiger partial charge is 0.369 e. The van der Waals surface area contributed by atoms with Crippen LogP contribution in [0, 0.1) is 0 Å². The summed E-state index contributed by atoms with van der Waals surface area (Å²) in [7, 11) is 4.15. The van der Waals surface area contributed by atoms with Gasteiger partial charge in [-0.3, -0.25) is 4.79 Å². The number of unbranched alkanes of at least 4 members (excludes halogenated alkanes) is 1. The van der Waals surface area contributed by atoms with Gasteiger partial charge in [-0.2, -0.15) is 4.98 Å². The molecule has 0 spiro atoms. The Kier molecular flexibility index (Phi) is 8.56. The van der Waals surface area contributed by atoms with Crippen molar-refractivity contribution >= 4 is 33.6 Å². The van der Waals surface area contributed by atoms with Crippen LogP contribution in [0.3, 0.4) is 0 Å². The minimum Gasteiger partial charge on any atom is -0.369 e. The van der Waals surface area contributed by atoms with Crippen molar-refractivity contribution in [2.45, 2.75) is 52.3 Å². The molecule has 0 amide bonds. The molecule has 0 atom stereocenters. The van der Waals surface area contributed by atoms with Crippen molar-refractivity contribution in [1.29, 1.82) is 0 Å². The van der Waals surface area contributed by atoms with Crippen molar-refractivity contribution in [3.63, 3.8) is 0 Å². The Hall–Kier alpha value is -4.28. The monoisotopic (exact) mass is 568 g/mol. The van der Waals surface area contributed by atoms with E-state index < -0.39 is 5.60 Å². The van der Waals surface area contributed by atoms with Gasteiger partial charge in [-0.15, -0.1) is 6.58 Å². The van der Waals surface area contributed by atoms with Gasteiger partial charge in [0, 0.05) is 48.7 Å². The van der Waals surface area contributed by atoms with Gasteiger partial charge in [0.25, 0.3) is 5.56 Å². The molecule has 1 N–H and O–H groups in total. The molecule has 5 aromatic rings. The van der Waals surface area contributed by atoms with E-state index in [2.05, 4.69) is 71.8 Å². The van der Waals surface area contributed by atoms with Crippen molar-refractivity contribution in [2.75, 3.05) is 32.6 Å². The number of benzene rings is 1. The quantitative estimate of drug-likeness (QED) is 0.149. The summed E-state index contributed by atoms with van der Waals surface area (Å²) in [5.41, 5.74) is 2.46. The molecule has 0 aliphatic carbocycles. The van der Waals surface area contributed by atoms with Crippen LogP contribution in [0.2, 0.25) is 0 Å². The molecule has 0 radical (unpaired) electrons. The molecule has 10 nitrogen and oxygen atoms in total. The van der Waals surface area contributed by atoms with E-state index in [0.717, 1.165) is 42.7 Å². The Balaban J connectivity index is 1.51. The first-order chi connectivity index (χ1) is 20.2. The third-order valence-electron chi connectivity index (χ3n) is 7.32. The number of rotatable bonds is 13. The Bertz CT molecular complexity index is 1760. The Morgan fingerprint density at radius 2 is 1.98 bits per heavy atom. The second-order valence-corrected chi connectivity index (χ2v) is 11.2. The van der Waals surface area contributed by atoms with E-state index in [1.54, 1.807) is 21.6 Å². The standard InChI is InChI=1S/C32H40N8O2/c1-7-9-20-42-32(3,4)27-11-10-12-28(35-27)40-29-25(30(41)39(40)16-8-2)22-33-31(36-29)34-24-13-14-26-23(21-24)15-17-38(26)19-18-37(5)6/h8,10-15,17,21-22H,2,7,9,16,18-20H2,1,3-6H3,(H,33,34,36). The van der Waals surface area contributed by atoms with Crippen molar-refractivity contribution < 1.29 is 4.74 Å². The number of pyridine rings is 1. The van der Waals surface area contributed by atoms with Crippen molar-refractivity contribution in [2.24, 2.45) is 0 Å². The predicted molar refractivity (Wildman–Crippen MR) is 169 cm³/mol. The number of hydrogen-bond donors (Lipinski definition) is 1. The highest BCUT2D eigenvalue weighted by Gasteiger charge is 2.25. The van der Waals surface area contributed by atoms with E-state index in [1.807, 2.05) is 38.1 Å².